The molecule has 0 radical (unpaired) electrons. The number of piperazine rings is 1. The van der Waals surface area contributed by atoms with Crippen molar-refractivity contribution < 1.29 is 18.4 Å². The molecule has 31 heavy (non-hydrogen) atoms. The van der Waals surface area contributed by atoms with Gasteiger partial charge in [-0.2, -0.15) is 0 Å². The van der Waals surface area contributed by atoms with E-state index in [1.54, 1.807) is 35.2 Å². The number of hydrogen-bond donors (Lipinski definition) is 0. The third-order valence-corrected chi connectivity index (χ3v) is 6.03. The fourth-order valence-corrected chi connectivity index (χ4v) is 4.03. The van der Waals surface area contributed by atoms with Crippen molar-refractivity contribution in [2.24, 2.45) is 0 Å². The van der Waals surface area contributed by atoms with Gasteiger partial charge in [-0.1, -0.05) is 18.2 Å². The van der Waals surface area contributed by atoms with Crippen LogP contribution < -0.4 is 4.90 Å². The van der Waals surface area contributed by atoms with Crippen LogP contribution >= 0.6 is 0 Å². The number of benzene rings is 2. The maximum absolute atomic E-state index is 14.4. The van der Waals surface area contributed by atoms with E-state index < -0.39 is 5.82 Å². The van der Waals surface area contributed by atoms with Crippen molar-refractivity contribution in [1.29, 1.82) is 0 Å². The van der Waals surface area contributed by atoms with E-state index in [1.165, 1.54) is 19.1 Å². The number of carbonyl (C=O) groups excluding carboxylic acids is 2. The van der Waals surface area contributed by atoms with Crippen molar-refractivity contribution in [1.82, 2.24) is 9.80 Å². The zero-order valence-electron chi connectivity index (χ0n) is 17.7. The lowest BCUT2D eigenvalue weighted by Gasteiger charge is -2.37. The van der Waals surface area contributed by atoms with Gasteiger partial charge >= 0.3 is 0 Å². The number of nitrogens with zero attached hydrogens (tertiary/aromatic N) is 3. The average molecular weight is 427 g/mol. The van der Waals surface area contributed by atoms with Gasteiger partial charge in [-0.05, 0) is 44.0 Å². The molecule has 0 N–H and O–H groups in total. The van der Waals surface area contributed by atoms with Crippen LogP contribution in [0.25, 0.3) is 0 Å². The van der Waals surface area contributed by atoms with E-state index in [-0.39, 0.29) is 30.1 Å². The topological polar surface area (TPSA) is 43.9 Å². The van der Waals surface area contributed by atoms with Gasteiger partial charge in [0.25, 0.3) is 0 Å². The van der Waals surface area contributed by atoms with Gasteiger partial charge in [0, 0.05) is 49.9 Å². The minimum absolute atomic E-state index is 0.0104. The van der Waals surface area contributed by atoms with Crippen LogP contribution in [-0.4, -0.2) is 60.3 Å². The van der Waals surface area contributed by atoms with Crippen molar-refractivity contribution >= 4 is 17.4 Å². The molecule has 1 heterocycles. The number of halogens is 2. The number of hydrogen-bond acceptors (Lipinski definition) is 4. The number of amides is 1. The number of rotatable bonds is 7. The summed E-state index contributed by atoms with van der Waals surface area (Å²) in [6.07, 6.45) is 1.92. The SMILES string of the molecule is CC(=O)c1ccc(N2CCN(CC(=O)N(Cc3ccccc3F)C3CC3)CC2)c(F)c1. The lowest BCUT2D eigenvalue weighted by molar-refractivity contribution is -0.133. The first-order valence-electron chi connectivity index (χ1n) is 10.7. The summed E-state index contributed by atoms with van der Waals surface area (Å²) in [4.78, 5) is 30.2. The van der Waals surface area contributed by atoms with Crippen molar-refractivity contribution in [2.75, 3.05) is 37.6 Å². The molecule has 2 aliphatic rings. The molecule has 2 aromatic carbocycles. The highest BCUT2D eigenvalue weighted by atomic mass is 19.1. The summed E-state index contributed by atoms with van der Waals surface area (Å²) in [5.74, 6) is -0.838. The van der Waals surface area contributed by atoms with Crippen LogP contribution in [0.15, 0.2) is 42.5 Å². The summed E-state index contributed by atoms with van der Waals surface area (Å²) in [5, 5.41) is 0. The zero-order chi connectivity index (χ0) is 22.0. The number of ketones is 1. The predicted molar refractivity (Wildman–Crippen MR) is 115 cm³/mol. The Morgan fingerprint density at radius 2 is 1.71 bits per heavy atom. The number of carbonyl (C=O) groups is 2. The largest absolute Gasteiger partial charge is 0.367 e. The van der Waals surface area contributed by atoms with Gasteiger partial charge in [0.05, 0.1) is 12.2 Å². The minimum atomic E-state index is -0.401. The average Bonchev–Trinajstić information content (AvgIpc) is 3.59. The van der Waals surface area contributed by atoms with Crippen molar-refractivity contribution in [3.05, 3.63) is 65.2 Å². The first-order valence-corrected chi connectivity index (χ1v) is 10.7. The van der Waals surface area contributed by atoms with E-state index in [1.807, 2.05) is 4.90 Å². The normalized spacial score (nSPS) is 16.9. The van der Waals surface area contributed by atoms with Gasteiger partial charge in [0.15, 0.2) is 5.78 Å². The van der Waals surface area contributed by atoms with Crippen molar-refractivity contribution in [3.8, 4) is 0 Å². The monoisotopic (exact) mass is 427 g/mol. The Kier molecular flexibility index (Phi) is 6.32. The molecular formula is C24H27F2N3O2. The molecule has 1 aliphatic carbocycles. The summed E-state index contributed by atoms with van der Waals surface area (Å²) < 4.78 is 28.5. The van der Waals surface area contributed by atoms with Crippen LogP contribution in [-0.2, 0) is 11.3 Å². The molecule has 1 amide bonds. The standard InChI is InChI=1S/C24H27F2N3O2/c1-17(30)18-6-9-23(22(26)14-18)28-12-10-27(11-13-28)16-24(31)29(20-7-8-20)15-19-4-2-3-5-21(19)25/h2-6,9,14,20H,7-8,10-13,15-16H2,1H3. The third-order valence-electron chi connectivity index (χ3n) is 6.03. The molecule has 0 unspecified atom stereocenters. The first-order chi connectivity index (χ1) is 14.9. The molecule has 2 fully saturated rings. The van der Waals surface area contributed by atoms with Gasteiger partial charge in [-0.15, -0.1) is 0 Å². The zero-order valence-corrected chi connectivity index (χ0v) is 17.7. The number of Topliss-reactive ketones (excluding diaryl/α,β-unsaturated/α-hetero) is 1. The molecule has 1 saturated carbocycles. The van der Waals surface area contributed by atoms with E-state index in [9.17, 15) is 18.4 Å². The van der Waals surface area contributed by atoms with E-state index >= 15 is 0 Å². The van der Waals surface area contributed by atoms with E-state index in [0.29, 0.717) is 49.5 Å². The molecule has 4 rings (SSSR count). The molecule has 0 bridgehead atoms. The van der Waals surface area contributed by atoms with Gasteiger partial charge in [-0.3, -0.25) is 14.5 Å². The smallest absolute Gasteiger partial charge is 0.237 e. The first kappa shape index (κ1) is 21.4. The van der Waals surface area contributed by atoms with Crippen LogP contribution in [0.5, 0.6) is 0 Å². The molecule has 5 nitrogen and oxygen atoms in total. The van der Waals surface area contributed by atoms with E-state index in [2.05, 4.69) is 4.90 Å². The third kappa shape index (κ3) is 5.10. The fraction of sp³-hybridized carbons (Fsp3) is 0.417. The quantitative estimate of drug-likeness (QED) is 0.635. The highest BCUT2D eigenvalue weighted by molar-refractivity contribution is 5.94. The van der Waals surface area contributed by atoms with Gasteiger partial charge in [0.1, 0.15) is 11.6 Å². The van der Waals surface area contributed by atoms with Crippen LogP contribution in [0.2, 0.25) is 0 Å². The van der Waals surface area contributed by atoms with E-state index in [4.69, 9.17) is 0 Å². The molecule has 1 aliphatic heterocycles. The summed E-state index contributed by atoms with van der Waals surface area (Å²) in [5.41, 5.74) is 1.38. The Labute approximate surface area is 181 Å². The van der Waals surface area contributed by atoms with E-state index in [0.717, 1.165) is 12.8 Å². The molecule has 0 spiro atoms. The minimum Gasteiger partial charge on any atom is -0.367 e. The predicted octanol–water partition coefficient (Wildman–Crippen LogP) is 3.48. The molecule has 0 aromatic heterocycles. The molecular weight excluding hydrogens is 400 g/mol. The molecule has 164 valence electrons. The molecule has 2 aromatic rings. The molecule has 7 heteroatoms. The Hall–Kier alpha value is -2.80. The second kappa shape index (κ2) is 9.14. The van der Waals surface area contributed by atoms with Gasteiger partial charge in [-0.25, -0.2) is 8.78 Å². The van der Waals surface area contributed by atoms with Crippen LogP contribution in [0.4, 0.5) is 14.5 Å². The second-order valence-corrected chi connectivity index (χ2v) is 8.33. The summed E-state index contributed by atoms with van der Waals surface area (Å²) in [7, 11) is 0. The fourth-order valence-electron chi connectivity index (χ4n) is 4.03. The Bertz CT molecular complexity index is 969. The van der Waals surface area contributed by atoms with Gasteiger partial charge < -0.3 is 9.80 Å². The van der Waals surface area contributed by atoms with Gasteiger partial charge in [0.2, 0.25) is 5.91 Å². The Morgan fingerprint density at radius 3 is 2.32 bits per heavy atom. The summed E-state index contributed by atoms with van der Waals surface area (Å²) >= 11 is 0. The summed E-state index contributed by atoms with van der Waals surface area (Å²) in [6.45, 7) is 4.46. The maximum atomic E-state index is 14.4. The van der Waals surface area contributed by atoms with Crippen LogP contribution in [0.3, 0.4) is 0 Å². The highest BCUT2D eigenvalue weighted by Crippen LogP contribution is 2.29. The summed E-state index contributed by atoms with van der Waals surface area (Å²) in [6, 6.07) is 11.4. The van der Waals surface area contributed by atoms with Crippen molar-refractivity contribution in [3.63, 3.8) is 0 Å². The molecule has 1 saturated heterocycles. The lowest BCUT2D eigenvalue weighted by atomic mass is 10.1. The molecule has 0 atom stereocenters. The highest BCUT2D eigenvalue weighted by Gasteiger charge is 2.34. The van der Waals surface area contributed by atoms with Crippen LogP contribution in [0, 0.1) is 11.6 Å². The number of anilines is 1. The van der Waals surface area contributed by atoms with Crippen LogP contribution in [0.1, 0.15) is 35.7 Å². The Balaban J connectivity index is 1.34. The Morgan fingerprint density at radius 1 is 1.00 bits per heavy atom. The second-order valence-electron chi connectivity index (χ2n) is 8.33. The lowest BCUT2D eigenvalue weighted by Crippen LogP contribution is -2.50. The maximum Gasteiger partial charge on any atom is 0.237 e. The van der Waals surface area contributed by atoms with Crippen molar-refractivity contribution in [2.45, 2.75) is 32.4 Å².